The Morgan fingerprint density at radius 2 is 1.69 bits per heavy atom. The molecule has 8 heteroatoms. The minimum Gasteiger partial charge on any atom is -0.325 e. The summed E-state index contributed by atoms with van der Waals surface area (Å²) >= 11 is 0.861. The molecule has 162 valence electrons. The van der Waals surface area contributed by atoms with Crippen LogP contribution in [0.4, 0.5) is 18.9 Å². The van der Waals surface area contributed by atoms with E-state index >= 15 is 0 Å². The quantitative estimate of drug-likeness (QED) is 0.282. The molecule has 0 radical (unpaired) electrons. The van der Waals surface area contributed by atoms with Gasteiger partial charge in [0.25, 0.3) is 0 Å². The van der Waals surface area contributed by atoms with Crippen LogP contribution < -0.4 is 5.32 Å². The van der Waals surface area contributed by atoms with Crippen LogP contribution in [0.2, 0.25) is 0 Å². The first-order valence-corrected chi connectivity index (χ1v) is 10.7. The molecule has 0 spiro atoms. The van der Waals surface area contributed by atoms with Gasteiger partial charge in [0, 0.05) is 16.6 Å². The zero-order valence-corrected chi connectivity index (χ0v) is 17.8. The third-order valence-electron chi connectivity index (χ3n) is 4.74. The van der Waals surface area contributed by atoms with Crippen LogP contribution in [-0.2, 0) is 11.0 Å². The van der Waals surface area contributed by atoms with Crippen molar-refractivity contribution in [1.29, 1.82) is 0 Å². The average molecular weight is 453 g/mol. The van der Waals surface area contributed by atoms with Crippen molar-refractivity contribution in [3.8, 4) is 11.3 Å². The fraction of sp³-hybridized carbons (Fsp3) is 0.125. The Balaban J connectivity index is 1.54. The number of anilines is 1. The number of alkyl halides is 3. The number of rotatable bonds is 5. The van der Waals surface area contributed by atoms with Crippen LogP contribution in [-0.4, -0.2) is 21.6 Å². The summed E-state index contributed by atoms with van der Waals surface area (Å²) in [6, 6.07) is 21.1. The summed E-state index contributed by atoms with van der Waals surface area (Å²) in [4.78, 5) is 20.4. The molecule has 0 aliphatic carbocycles. The molecule has 0 aliphatic rings. The lowest BCUT2D eigenvalue weighted by Gasteiger charge is -2.11. The van der Waals surface area contributed by atoms with E-state index in [0.717, 1.165) is 34.2 Å². The van der Waals surface area contributed by atoms with Gasteiger partial charge in [-0.3, -0.25) is 4.79 Å². The van der Waals surface area contributed by atoms with Crippen molar-refractivity contribution in [3.63, 3.8) is 0 Å². The van der Waals surface area contributed by atoms with Gasteiger partial charge >= 0.3 is 6.18 Å². The molecule has 0 unspecified atom stereocenters. The number of nitrogens with one attached hydrogen (secondary N) is 1. The van der Waals surface area contributed by atoms with Gasteiger partial charge in [0.05, 0.1) is 11.4 Å². The van der Waals surface area contributed by atoms with E-state index in [9.17, 15) is 18.0 Å². The molecule has 4 nitrogen and oxygen atoms in total. The predicted molar refractivity (Wildman–Crippen MR) is 121 cm³/mol. The Hall–Kier alpha value is -3.39. The normalized spacial score (nSPS) is 11.5. The van der Waals surface area contributed by atoms with E-state index in [-0.39, 0.29) is 22.5 Å². The largest absolute Gasteiger partial charge is 0.433 e. The summed E-state index contributed by atoms with van der Waals surface area (Å²) in [5.41, 5.74) is 1.28. The number of aryl methyl sites for hydroxylation is 1. The van der Waals surface area contributed by atoms with E-state index in [1.807, 2.05) is 43.3 Å². The molecule has 0 saturated carbocycles. The van der Waals surface area contributed by atoms with Crippen molar-refractivity contribution >= 4 is 34.1 Å². The van der Waals surface area contributed by atoms with E-state index in [4.69, 9.17) is 0 Å². The van der Waals surface area contributed by atoms with Crippen molar-refractivity contribution in [1.82, 2.24) is 9.97 Å². The van der Waals surface area contributed by atoms with Crippen LogP contribution in [0.3, 0.4) is 0 Å². The number of nitrogens with zero attached hydrogens (tertiary/aromatic N) is 2. The Morgan fingerprint density at radius 3 is 2.44 bits per heavy atom. The first-order valence-electron chi connectivity index (χ1n) is 9.73. The van der Waals surface area contributed by atoms with Gasteiger partial charge in [-0.05, 0) is 24.4 Å². The number of carbonyl (C=O) groups excluding carboxylic acids is 1. The predicted octanol–water partition coefficient (Wildman–Crippen LogP) is 6.35. The van der Waals surface area contributed by atoms with E-state index in [2.05, 4.69) is 15.3 Å². The highest BCUT2D eigenvalue weighted by Gasteiger charge is 2.34. The summed E-state index contributed by atoms with van der Waals surface area (Å²) in [5, 5.41) is 4.56. The third-order valence-corrected chi connectivity index (χ3v) is 5.59. The highest BCUT2D eigenvalue weighted by atomic mass is 32.2. The molecular weight excluding hydrogens is 435 g/mol. The van der Waals surface area contributed by atoms with Crippen molar-refractivity contribution < 1.29 is 18.0 Å². The number of fused-ring (bicyclic) bond motifs is 1. The van der Waals surface area contributed by atoms with Crippen LogP contribution >= 0.6 is 11.8 Å². The van der Waals surface area contributed by atoms with Crippen LogP contribution in [0.15, 0.2) is 78.0 Å². The summed E-state index contributed by atoms with van der Waals surface area (Å²) in [6.07, 6.45) is -4.62. The number of aromatic nitrogens is 2. The molecule has 0 saturated heterocycles. The Morgan fingerprint density at radius 1 is 0.969 bits per heavy atom. The Kier molecular flexibility index (Phi) is 6.14. The number of benzene rings is 3. The summed E-state index contributed by atoms with van der Waals surface area (Å²) < 4.78 is 40.2. The molecule has 1 amide bonds. The van der Waals surface area contributed by atoms with Gasteiger partial charge in [-0.15, -0.1) is 0 Å². The Labute approximate surface area is 186 Å². The van der Waals surface area contributed by atoms with E-state index in [0.29, 0.717) is 11.3 Å². The zero-order chi connectivity index (χ0) is 22.7. The fourth-order valence-corrected chi connectivity index (χ4v) is 3.82. The van der Waals surface area contributed by atoms with Crippen LogP contribution in [0, 0.1) is 6.92 Å². The van der Waals surface area contributed by atoms with Gasteiger partial charge in [0.15, 0.2) is 5.16 Å². The molecule has 32 heavy (non-hydrogen) atoms. The number of thioether (sulfide) groups is 1. The van der Waals surface area contributed by atoms with Gasteiger partial charge in [-0.2, -0.15) is 13.2 Å². The molecular formula is C24H18F3N3OS. The molecule has 3 aromatic carbocycles. The molecule has 1 aromatic heterocycles. The minimum atomic E-state index is -4.62. The monoisotopic (exact) mass is 453 g/mol. The molecule has 0 atom stereocenters. The highest BCUT2D eigenvalue weighted by molar-refractivity contribution is 7.99. The number of hydrogen-bond donors (Lipinski definition) is 1. The van der Waals surface area contributed by atoms with Gasteiger partial charge in [-0.25, -0.2) is 9.97 Å². The summed E-state index contributed by atoms with van der Waals surface area (Å²) in [7, 11) is 0. The second-order valence-electron chi connectivity index (χ2n) is 7.15. The van der Waals surface area contributed by atoms with Gasteiger partial charge in [0.2, 0.25) is 5.91 Å². The van der Waals surface area contributed by atoms with Crippen molar-refractivity contribution in [2.45, 2.75) is 18.3 Å². The standard InChI is InChI=1S/C24H18F3N3OS/c1-15-9-11-17(12-10-15)20-13-21(24(25,26)27)30-23(29-20)32-14-22(31)28-19-8-4-6-16-5-2-3-7-18(16)19/h2-13H,14H2,1H3,(H,28,31). The van der Waals surface area contributed by atoms with Crippen molar-refractivity contribution in [3.05, 3.63) is 84.1 Å². The lowest BCUT2D eigenvalue weighted by atomic mass is 10.1. The molecule has 4 rings (SSSR count). The first kappa shape index (κ1) is 21.8. The van der Waals surface area contributed by atoms with Gasteiger partial charge in [-0.1, -0.05) is 78.0 Å². The van der Waals surface area contributed by atoms with Gasteiger partial charge < -0.3 is 5.32 Å². The van der Waals surface area contributed by atoms with Crippen molar-refractivity contribution in [2.75, 3.05) is 11.1 Å². The van der Waals surface area contributed by atoms with Crippen LogP contribution in [0.25, 0.3) is 22.0 Å². The molecule has 0 aliphatic heterocycles. The van der Waals surface area contributed by atoms with Crippen LogP contribution in [0.5, 0.6) is 0 Å². The number of halogens is 3. The van der Waals surface area contributed by atoms with Gasteiger partial charge in [0.1, 0.15) is 5.69 Å². The lowest BCUT2D eigenvalue weighted by Crippen LogP contribution is -2.15. The fourth-order valence-electron chi connectivity index (χ4n) is 3.16. The third kappa shape index (κ3) is 5.08. The molecule has 1 heterocycles. The molecule has 4 aromatic rings. The topological polar surface area (TPSA) is 54.9 Å². The van der Waals surface area contributed by atoms with Crippen LogP contribution in [0.1, 0.15) is 11.3 Å². The van der Waals surface area contributed by atoms with Crippen molar-refractivity contribution in [2.24, 2.45) is 0 Å². The SMILES string of the molecule is Cc1ccc(-c2cc(C(F)(F)F)nc(SCC(=O)Nc3cccc4ccccc34)n2)cc1. The first-order chi connectivity index (χ1) is 15.3. The minimum absolute atomic E-state index is 0.108. The maximum atomic E-state index is 13.4. The second kappa shape index (κ2) is 9.00. The highest BCUT2D eigenvalue weighted by Crippen LogP contribution is 2.32. The maximum Gasteiger partial charge on any atom is 0.433 e. The Bertz CT molecular complexity index is 1270. The smallest absolute Gasteiger partial charge is 0.325 e. The number of amides is 1. The zero-order valence-electron chi connectivity index (χ0n) is 17.0. The average Bonchev–Trinajstić information content (AvgIpc) is 2.78. The molecule has 0 fully saturated rings. The van der Waals surface area contributed by atoms with E-state index in [1.54, 1.807) is 30.3 Å². The number of carbonyl (C=O) groups is 1. The maximum absolute atomic E-state index is 13.4. The van der Waals surface area contributed by atoms with E-state index < -0.39 is 11.9 Å². The molecule has 0 bridgehead atoms. The second-order valence-corrected chi connectivity index (χ2v) is 8.09. The van der Waals surface area contributed by atoms with E-state index in [1.165, 1.54) is 0 Å². The summed E-state index contributed by atoms with van der Waals surface area (Å²) in [5.74, 6) is -0.484. The summed E-state index contributed by atoms with van der Waals surface area (Å²) in [6.45, 7) is 1.89. The molecule has 1 N–H and O–H groups in total. The lowest BCUT2D eigenvalue weighted by molar-refractivity contribution is -0.141. The number of hydrogen-bond acceptors (Lipinski definition) is 4.